The molecule has 0 aliphatic rings. The van der Waals surface area contributed by atoms with Crippen molar-refractivity contribution in [3.05, 3.63) is 53.9 Å². The Kier molecular flexibility index (Phi) is 3.95. The van der Waals surface area contributed by atoms with Crippen LogP contribution in [-0.2, 0) is 0 Å². The third-order valence-corrected chi connectivity index (χ3v) is 2.65. The normalized spacial score (nSPS) is 9.85. The van der Waals surface area contributed by atoms with Crippen LogP contribution in [0.1, 0.15) is 20.7 Å². The Bertz CT molecular complexity index is 641. The van der Waals surface area contributed by atoms with Crippen LogP contribution in [0.15, 0.2) is 42.7 Å². The summed E-state index contributed by atoms with van der Waals surface area (Å²) in [5.74, 6) is -1.14. The lowest BCUT2D eigenvalue weighted by molar-refractivity contribution is 0.0697. The molecule has 102 valence electrons. The molecule has 0 atom stereocenters. The maximum Gasteiger partial charge on any atom is 0.337 e. The molecular weight excluding hydrogens is 260 g/mol. The Hall–Kier alpha value is -2.89. The standard InChI is InChI=1S/C14H12N2O4/c1-20-10-2-3-12(11(8-10)14(18)19)16-13(17)9-4-6-15-7-5-9/h2-8H,1H3,(H,16,17)(H,18,19). The van der Waals surface area contributed by atoms with Crippen molar-refractivity contribution in [2.75, 3.05) is 12.4 Å². The summed E-state index contributed by atoms with van der Waals surface area (Å²) in [7, 11) is 1.44. The van der Waals surface area contributed by atoms with E-state index in [1.54, 1.807) is 18.2 Å². The number of rotatable bonds is 4. The maximum atomic E-state index is 12.0. The Balaban J connectivity index is 2.29. The summed E-state index contributed by atoms with van der Waals surface area (Å²) in [4.78, 5) is 27.0. The van der Waals surface area contributed by atoms with Crippen LogP contribution >= 0.6 is 0 Å². The summed E-state index contributed by atoms with van der Waals surface area (Å²) >= 11 is 0. The van der Waals surface area contributed by atoms with E-state index in [4.69, 9.17) is 9.84 Å². The van der Waals surface area contributed by atoms with Gasteiger partial charge in [-0.05, 0) is 30.3 Å². The minimum atomic E-state index is -1.14. The first kappa shape index (κ1) is 13.5. The lowest BCUT2D eigenvalue weighted by atomic mass is 10.1. The minimum absolute atomic E-state index is 0.0354. The van der Waals surface area contributed by atoms with Gasteiger partial charge in [0.1, 0.15) is 5.75 Å². The quantitative estimate of drug-likeness (QED) is 0.889. The zero-order valence-corrected chi connectivity index (χ0v) is 10.7. The second-order valence-corrected chi connectivity index (χ2v) is 3.91. The van der Waals surface area contributed by atoms with Crippen LogP contribution < -0.4 is 10.1 Å². The molecule has 2 N–H and O–H groups in total. The number of hydrogen-bond acceptors (Lipinski definition) is 4. The minimum Gasteiger partial charge on any atom is -0.497 e. The van der Waals surface area contributed by atoms with Gasteiger partial charge in [0.2, 0.25) is 0 Å². The van der Waals surface area contributed by atoms with Gasteiger partial charge >= 0.3 is 5.97 Å². The molecule has 1 aromatic heterocycles. The summed E-state index contributed by atoms with van der Waals surface area (Å²) in [5, 5.41) is 11.7. The highest BCUT2D eigenvalue weighted by molar-refractivity contribution is 6.07. The molecule has 0 unspecified atom stereocenters. The number of methoxy groups -OCH3 is 1. The molecule has 6 heteroatoms. The number of carbonyl (C=O) groups excluding carboxylic acids is 1. The summed E-state index contributed by atoms with van der Waals surface area (Å²) in [6.45, 7) is 0. The average molecular weight is 272 g/mol. The highest BCUT2D eigenvalue weighted by Gasteiger charge is 2.14. The van der Waals surface area contributed by atoms with Crippen molar-refractivity contribution in [3.8, 4) is 5.75 Å². The molecule has 20 heavy (non-hydrogen) atoms. The van der Waals surface area contributed by atoms with Crippen LogP contribution in [0.3, 0.4) is 0 Å². The first-order valence-corrected chi connectivity index (χ1v) is 5.74. The monoisotopic (exact) mass is 272 g/mol. The number of nitrogens with zero attached hydrogens (tertiary/aromatic N) is 1. The van der Waals surface area contributed by atoms with Crippen LogP contribution in [0.5, 0.6) is 5.75 Å². The molecule has 0 aliphatic heterocycles. The van der Waals surface area contributed by atoms with Gasteiger partial charge < -0.3 is 15.2 Å². The van der Waals surface area contributed by atoms with E-state index in [1.165, 1.54) is 31.6 Å². The predicted molar refractivity (Wildman–Crippen MR) is 72.1 cm³/mol. The Morgan fingerprint density at radius 2 is 1.90 bits per heavy atom. The van der Waals surface area contributed by atoms with E-state index >= 15 is 0 Å². The molecule has 1 aromatic carbocycles. The second kappa shape index (κ2) is 5.83. The number of carbonyl (C=O) groups is 2. The van der Waals surface area contributed by atoms with E-state index in [1.807, 2.05) is 0 Å². The van der Waals surface area contributed by atoms with Gasteiger partial charge in [-0.25, -0.2) is 4.79 Å². The Labute approximate surface area is 115 Å². The number of aromatic carboxylic acids is 1. The van der Waals surface area contributed by atoms with Crippen molar-refractivity contribution in [2.24, 2.45) is 0 Å². The molecule has 0 radical (unpaired) electrons. The molecule has 0 saturated heterocycles. The molecule has 0 aliphatic carbocycles. The molecule has 1 amide bonds. The van der Waals surface area contributed by atoms with Gasteiger partial charge in [0.15, 0.2) is 0 Å². The zero-order valence-electron chi connectivity index (χ0n) is 10.7. The molecule has 2 aromatic rings. The Morgan fingerprint density at radius 1 is 1.20 bits per heavy atom. The van der Waals surface area contributed by atoms with Crippen molar-refractivity contribution < 1.29 is 19.4 Å². The largest absolute Gasteiger partial charge is 0.497 e. The van der Waals surface area contributed by atoms with Crippen LogP contribution in [0.4, 0.5) is 5.69 Å². The number of nitrogens with one attached hydrogen (secondary N) is 1. The number of carboxylic acids is 1. The molecule has 2 rings (SSSR count). The maximum absolute atomic E-state index is 12.0. The van der Waals surface area contributed by atoms with E-state index in [2.05, 4.69) is 10.3 Å². The van der Waals surface area contributed by atoms with Gasteiger partial charge in [0.25, 0.3) is 5.91 Å². The summed E-state index contributed by atoms with van der Waals surface area (Å²) in [6.07, 6.45) is 2.97. The third kappa shape index (κ3) is 2.92. The van der Waals surface area contributed by atoms with Gasteiger partial charge in [-0.1, -0.05) is 0 Å². The van der Waals surface area contributed by atoms with E-state index in [9.17, 15) is 9.59 Å². The highest BCUT2D eigenvalue weighted by atomic mass is 16.5. The van der Waals surface area contributed by atoms with E-state index in [0.29, 0.717) is 11.3 Å². The van der Waals surface area contributed by atoms with E-state index < -0.39 is 11.9 Å². The number of aromatic nitrogens is 1. The van der Waals surface area contributed by atoms with Crippen molar-refractivity contribution in [1.29, 1.82) is 0 Å². The molecular formula is C14H12N2O4. The number of pyridine rings is 1. The van der Waals surface area contributed by atoms with Gasteiger partial charge in [-0.15, -0.1) is 0 Å². The zero-order chi connectivity index (χ0) is 14.5. The number of anilines is 1. The SMILES string of the molecule is COc1ccc(NC(=O)c2ccncc2)c(C(=O)O)c1. The fraction of sp³-hybridized carbons (Fsp3) is 0.0714. The number of hydrogen-bond donors (Lipinski definition) is 2. The first-order chi connectivity index (χ1) is 9.61. The molecule has 0 saturated carbocycles. The molecule has 0 fully saturated rings. The summed E-state index contributed by atoms with van der Waals surface area (Å²) in [6, 6.07) is 7.50. The van der Waals surface area contributed by atoms with Crippen LogP contribution in [0, 0.1) is 0 Å². The summed E-state index contributed by atoms with van der Waals surface area (Å²) in [5.41, 5.74) is 0.569. The van der Waals surface area contributed by atoms with Crippen LogP contribution in [0.2, 0.25) is 0 Å². The highest BCUT2D eigenvalue weighted by Crippen LogP contribution is 2.22. The van der Waals surface area contributed by atoms with E-state index in [-0.39, 0.29) is 11.3 Å². The number of ether oxygens (including phenoxy) is 1. The fourth-order valence-electron chi connectivity index (χ4n) is 1.63. The lowest BCUT2D eigenvalue weighted by Crippen LogP contribution is -2.14. The van der Waals surface area contributed by atoms with Gasteiger partial charge in [0, 0.05) is 18.0 Å². The third-order valence-electron chi connectivity index (χ3n) is 2.65. The van der Waals surface area contributed by atoms with Crippen LogP contribution in [-0.4, -0.2) is 29.1 Å². The Morgan fingerprint density at radius 3 is 2.50 bits per heavy atom. The van der Waals surface area contributed by atoms with Gasteiger partial charge in [-0.3, -0.25) is 9.78 Å². The lowest BCUT2D eigenvalue weighted by Gasteiger charge is -2.10. The van der Waals surface area contributed by atoms with Crippen LogP contribution in [0.25, 0.3) is 0 Å². The van der Waals surface area contributed by atoms with Gasteiger partial charge in [-0.2, -0.15) is 0 Å². The molecule has 1 heterocycles. The van der Waals surface area contributed by atoms with Crippen molar-refractivity contribution in [1.82, 2.24) is 4.98 Å². The molecule has 0 bridgehead atoms. The van der Waals surface area contributed by atoms with E-state index in [0.717, 1.165) is 0 Å². The fourth-order valence-corrected chi connectivity index (χ4v) is 1.63. The van der Waals surface area contributed by atoms with Crippen molar-refractivity contribution in [3.63, 3.8) is 0 Å². The van der Waals surface area contributed by atoms with Crippen molar-refractivity contribution >= 4 is 17.6 Å². The number of carboxylic acid groups (broad SMARTS) is 1. The topological polar surface area (TPSA) is 88.5 Å². The smallest absolute Gasteiger partial charge is 0.337 e. The second-order valence-electron chi connectivity index (χ2n) is 3.91. The molecule has 0 spiro atoms. The first-order valence-electron chi connectivity index (χ1n) is 5.74. The van der Waals surface area contributed by atoms with Gasteiger partial charge in [0.05, 0.1) is 18.4 Å². The number of amides is 1. The predicted octanol–water partition coefficient (Wildman–Crippen LogP) is 2.04. The average Bonchev–Trinajstić information content (AvgIpc) is 2.48. The van der Waals surface area contributed by atoms with Crippen molar-refractivity contribution in [2.45, 2.75) is 0 Å². The molecule has 6 nitrogen and oxygen atoms in total. The summed E-state index contributed by atoms with van der Waals surface area (Å²) < 4.78 is 4.97. The number of benzene rings is 1.